The van der Waals surface area contributed by atoms with Crippen molar-refractivity contribution in [3.05, 3.63) is 88.9 Å². The number of anilines is 1. The number of thioether (sulfide) groups is 1. The summed E-state index contributed by atoms with van der Waals surface area (Å²) in [6.07, 6.45) is 0. The second kappa shape index (κ2) is 12.9. The number of nitrogens with one attached hydrogen (secondary N) is 1. The molecule has 0 radical (unpaired) electrons. The van der Waals surface area contributed by atoms with Gasteiger partial charge in [0.1, 0.15) is 12.3 Å². The molecule has 0 spiro atoms. The van der Waals surface area contributed by atoms with Crippen LogP contribution in [0, 0.1) is 6.92 Å². The summed E-state index contributed by atoms with van der Waals surface area (Å²) in [5, 5.41) is 3.53. The van der Waals surface area contributed by atoms with Gasteiger partial charge in [0.2, 0.25) is 5.91 Å². The summed E-state index contributed by atoms with van der Waals surface area (Å²) < 4.78 is 33.5. The van der Waals surface area contributed by atoms with Crippen molar-refractivity contribution in [3.63, 3.8) is 0 Å². The maximum atomic E-state index is 13.5. The SMILES string of the molecule is CCOc1ccc(S(=O)(=O)N(CC(=O)NCCSCc2cccc(Cl)c2)c2ccc(C)cc2)cc1. The molecule has 0 atom stereocenters. The summed E-state index contributed by atoms with van der Waals surface area (Å²) in [5.41, 5.74) is 2.53. The molecule has 0 saturated heterocycles. The zero-order valence-electron chi connectivity index (χ0n) is 19.7. The van der Waals surface area contributed by atoms with E-state index in [0.29, 0.717) is 35.4 Å². The van der Waals surface area contributed by atoms with Gasteiger partial charge in [-0.15, -0.1) is 0 Å². The highest BCUT2D eigenvalue weighted by atomic mass is 35.5. The molecule has 0 aliphatic rings. The summed E-state index contributed by atoms with van der Waals surface area (Å²) in [7, 11) is -3.97. The van der Waals surface area contributed by atoms with Gasteiger partial charge in [-0.25, -0.2) is 8.42 Å². The van der Waals surface area contributed by atoms with Gasteiger partial charge >= 0.3 is 0 Å². The molecule has 6 nitrogen and oxygen atoms in total. The lowest BCUT2D eigenvalue weighted by molar-refractivity contribution is -0.119. The zero-order valence-corrected chi connectivity index (χ0v) is 22.1. The first-order valence-corrected chi connectivity index (χ1v) is 14.2. The second-order valence-corrected chi connectivity index (χ2v) is 11.2. The predicted octanol–water partition coefficient (Wildman–Crippen LogP) is 5.29. The topological polar surface area (TPSA) is 75.7 Å². The predicted molar refractivity (Wildman–Crippen MR) is 144 cm³/mol. The van der Waals surface area contributed by atoms with Crippen LogP contribution in [-0.4, -0.2) is 39.8 Å². The Balaban J connectivity index is 1.65. The molecular weight excluding hydrogens is 504 g/mol. The quantitative estimate of drug-likeness (QED) is 0.321. The third-order valence-electron chi connectivity index (χ3n) is 5.06. The van der Waals surface area contributed by atoms with Gasteiger partial charge in [0.15, 0.2) is 0 Å². The number of nitrogens with zero attached hydrogens (tertiary/aromatic N) is 1. The van der Waals surface area contributed by atoms with Crippen LogP contribution >= 0.6 is 23.4 Å². The van der Waals surface area contributed by atoms with E-state index in [1.165, 1.54) is 12.1 Å². The monoisotopic (exact) mass is 532 g/mol. The van der Waals surface area contributed by atoms with Gasteiger partial charge in [0.25, 0.3) is 10.0 Å². The average molecular weight is 533 g/mol. The number of rotatable bonds is 12. The Morgan fingerprint density at radius 3 is 2.43 bits per heavy atom. The van der Waals surface area contributed by atoms with Crippen molar-refractivity contribution in [2.75, 3.05) is 29.8 Å². The molecule has 0 saturated carbocycles. The number of hydrogen-bond acceptors (Lipinski definition) is 5. The van der Waals surface area contributed by atoms with Gasteiger partial charge in [-0.1, -0.05) is 41.4 Å². The van der Waals surface area contributed by atoms with E-state index in [9.17, 15) is 13.2 Å². The first kappa shape index (κ1) is 26.9. The molecule has 0 bridgehead atoms. The molecule has 0 aromatic heterocycles. The van der Waals surface area contributed by atoms with Crippen LogP contribution < -0.4 is 14.4 Å². The van der Waals surface area contributed by atoms with Crippen LogP contribution in [0.1, 0.15) is 18.1 Å². The molecule has 0 heterocycles. The largest absolute Gasteiger partial charge is 0.494 e. The first-order valence-electron chi connectivity index (χ1n) is 11.2. The second-order valence-electron chi connectivity index (χ2n) is 7.78. The Morgan fingerprint density at radius 1 is 1.06 bits per heavy atom. The van der Waals surface area contributed by atoms with Crippen LogP contribution in [0.4, 0.5) is 5.69 Å². The zero-order chi connectivity index (χ0) is 25.3. The van der Waals surface area contributed by atoms with E-state index in [2.05, 4.69) is 5.32 Å². The van der Waals surface area contributed by atoms with Gasteiger partial charge in [-0.3, -0.25) is 9.10 Å². The first-order chi connectivity index (χ1) is 16.8. The summed E-state index contributed by atoms with van der Waals surface area (Å²) in [5.74, 6) is 1.68. The lowest BCUT2D eigenvalue weighted by Crippen LogP contribution is -2.41. The van der Waals surface area contributed by atoms with E-state index in [4.69, 9.17) is 16.3 Å². The van der Waals surface area contributed by atoms with Crippen molar-refractivity contribution in [3.8, 4) is 5.75 Å². The third-order valence-corrected chi connectivity index (χ3v) is 8.11. The van der Waals surface area contributed by atoms with Crippen molar-refractivity contribution < 1.29 is 17.9 Å². The molecule has 0 aliphatic heterocycles. The summed E-state index contributed by atoms with van der Waals surface area (Å²) in [6, 6.07) is 20.9. The number of sulfonamides is 1. The van der Waals surface area contributed by atoms with Crippen LogP contribution in [-0.2, 0) is 20.6 Å². The highest BCUT2D eigenvalue weighted by molar-refractivity contribution is 7.98. The number of amides is 1. The van der Waals surface area contributed by atoms with E-state index < -0.39 is 10.0 Å². The van der Waals surface area contributed by atoms with Crippen molar-refractivity contribution in [1.82, 2.24) is 5.32 Å². The van der Waals surface area contributed by atoms with E-state index in [-0.39, 0.29) is 17.3 Å². The molecule has 35 heavy (non-hydrogen) atoms. The molecule has 0 unspecified atom stereocenters. The number of benzene rings is 3. The Morgan fingerprint density at radius 2 is 1.77 bits per heavy atom. The molecule has 0 aliphatic carbocycles. The van der Waals surface area contributed by atoms with Crippen molar-refractivity contribution in [2.24, 2.45) is 0 Å². The Bertz CT molecular complexity index is 1220. The number of carbonyl (C=O) groups is 1. The van der Waals surface area contributed by atoms with Crippen molar-refractivity contribution >= 4 is 45.0 Å². The minimum atomic E-state index is -3.97. The maximum Gasteiger partial charge on any atom is 0.264 e. The van der Waals surface area contributed by atoms with E-state index in [1.54, 1.807) is 36.0 Å². The van der Waals surface area contributed by atoms with Gasteiger partial charge in [0, 0.05) is 23.1 Å². The van der Waals surface area contributed by atoms with Crippen LogP contribution in [0.15, 0.2) is 77.7 Å². The molecule has 3 rings (SSSR count). The van der Waals surface area contributed by atoms with Gasteiger partial charge in [-0.2, -0.15) is 11.8 Å². The normalized spacial score (nSPS) is 11.2. The minimum absolute atomic E-state index is 0.0893. The molecular formula is C26H29ClN2O4S2. The molecule has 1 amide bonds. The van der Waals surface area contributed by atoms with E-state index in [0.717, 1.165) is 21.2 Å². The van der Waals surface area contributed by atoms with Gasteiger partial charge < -0.3 is 10.1 Å². The Kier molecular flexibility index (Phi) is 9.89. The molecule has 3 aromatic carbocycles. The van der Waals surface area contributed by atoms with Crippen LogP contribution in [0.25, 0.3) is 0 Å². The van der Waals surface area contributed by atoms with Crippen LogP contribution in [0.5, 0.6) is 5.75 Å². The summed E-state index contributed by atoms with van der Waals surface area (Å²) >= 11 is 7.68. The van der Waals surface area contributed by atoms with Gasteiger partial charge in [0.05, 0.1) is 17.2 Å². The molecule has 3 aromatic rings. The van der Waals surface area contributed by atoms with Crippen molar-refractivity contribution in [1.29, 1.82) is 0 Å². The average Bonchev–Trinajstić information content (AvgIpc) is 2.83. The number of hydrogen-bond donors (Lipinski definition) is 1. The third kappa shape index (κ3) is 7.92. The lowest BCUT2D eigenvalue weighted by Gasteiger charge is -2.24. The van der Waals surface area contributed by atoms with E-state index in [1.807, 2.05) is 50.2 Å². The standard InChI is InChI=1S/C26H29ClN2O4S2/c1-3-33-24-11-13-25(14-12-24)35(31,32)29(23-9-7-20(2)8-10-23)18-26(30)28-15-16-34-19-21-5-4-6-22(27)17-21/h4-14,17H,3,15-16,18-19H2,1-2H3,(H,28,30). The van der Waals surface area contributed by atoms with Gasteiger partial charge in [-0.05, 0) is 67.9 Å². The lowest BCUT2D eigenvalue weighted by atomic mass is 10.2. The van der Waals surface area contributed by atoms with Crippen molar-refractivity contribution in [2.45, 2.75) is 24.5 Å². The number of ether oxygens (including phenoxy) is 1. The number of halogens is 1. The highest BCUT2D eigenvalue weighted by Gasteiger charge is 2.27. The molecule has 0 fully saturated rings. The fourth-order valence-electron chi connectivity index (χ4n) is 3.29. The highest BCUT2D eigenvalue weighted by Crippen LogP contribution is 2.25. The van der Waals surface area contributed by atoms with Crippen LogP contribution in [0.2, 0.25) is 5.02 Å². The number of carbonyl (C=O) groups excluding carboxylic acids is 1. The van der Waals surface area contributed by atoms with Crippen LogP contribution in [0.3, 0.4) is 0 Å². The molecule has 1 N–H and O–H groups in total. The van der Waals surface area contributed by atoms with E-state index >= 15 is 0 Å². The molecule has 186 valence electrons. The maximum absolute atomic E-state index is 13.5. The Hall–Kier alpha value is -2.68. The fraction of sp³-hybridized carbons (Fsp3) is 0.269. The molecule has 9 heteroatoms. The Labute approximate surface area is 216 Å². The fourth-order valence-corrected chi connectivity index (χ4v) is 5.73. The minimum Gasteiger partial charge on any atom is -0.494 e. The smallest absolute Gasteiger partial charge is 0.264 e. The summed E-state index contributed by atoms with van der Waals surface area (Å²) in [4.78, 5) is 12.8. The summed E-state index contributed by atoms with van der Waals surface area (Å²) in [6.45, 7) is 4.37. The number of aryl methyl sites for hydroxylation is 1.